The summed E-state index contributed by atoms with van der Waals surface area (Å²) in [6.07, 6.45) is 5.87. The second-order valence-electron chi connectivity index (χ2n) is 8.67. The average Bonchev–Trinajstić information content (AvgIpc) is 3.38. The molecule has 1 saturated heterocycles. The lowest BCUT2D eigenvalue weighted by molar-refractivity contribution is 0.118. The molecule has 2 aliphatic rings. The average molecular weight is 462 g/mol. The van der Waals surface area contributed by atoms with Crippen molar-refractivity contribution < 1.29 is 18.3 Å². The predicted octanol–water partition coefficient (Wildman–Crippen LogP) is 5.16. The van der Waals surface area contributed by atoms with Crippen LogP contribution in [0.3, 0.4) is 0 Å². The number of hydrogen-bond acceptors (Lipinski definition) is 5. The minimum atomic E-state index is -3.14. The van der Waals surface area contributed by atoms with E-state index in [0.717, 1.165) is 45.2 Å². The van der Waals surface area contributed by atoms with Crippen LogP contribution in [0.2, 0.25) is 0 Å². The minimum Gasteiger partial charge on any atom is -0.507 e. The maximum atomic E-state index is 12.5. The standard InChI is InChI=1S/C27H27NO4S/c1-2-18-17-33(30,31)26-16-32-25(27(18)26)13-11-20(23-9-5-6-14-28-23)15-19-10-12-24(29)22-8-4-3-7-21(19)22/h3-10,12,14-15,25-26,29H,2,11,13,16-17H2,1H3/b20-15-/t25-,26+/m1/s1. The summed E-state index contributed by atoms with van der Waals surface area (Å²) in [7, 11) is -3.14. The molecule has 5 nitrogen and oxygen atoms in total. The number of rotatable bonds is 6. The number of sulfone groups is 1. The van der Waals surface area contributed by atoms with Gasteiger partial charge >= 0.3 is 0 Å². The summed E-state index contributed by atoms with van der Waals surface area (Å²) in [5, 5.41) is 11.6. The van der Waals surface area contributed by atoms with Crippen LogP contribution in [0.15, 0.2) is 71.9 Å². The van der Waals surface area contributed by atoms with Crippen LogP contribution >= 0.6 is 0 Å². The number of aromatic hydroxyl groups is 1. The summed E-state index contributed by atoms with van der Waals surface area (Å²) in [5.74, 6) is 0.431. The van der Waals surface area contributed by atoms with Gasteiger partial charge in [-0.05, 0) is 65.6 Å². The number of fused-ring (bicyclic) bond motifs is 2. The monoisotopic (exact) mass is 461 g/mol. The normalized spacial score (nSPS) is 22.2. The number of hydrogen-bond donors (Lipinski definition) is 1. The van der Waals surface area contributed by atoms with E-state index in [0.29, 0.717) is 12.8 Å². The summed E-state index contributed by atoms with van der Waals surface area (Å²) in [5.41, 5.74) is 4.96. The van der Waals surface area contributed by atoms with Crippen LogP contribution in [-0.4, -0.2) is 42.2 Å². The van der Waals surface area contributed by atoms with Crippen molar-refractivity contribution in [2.75, 3.05) is 12.4 Å². The molecule has 1 fully saturated rings. The van der Waals surface area contributed by atoms with Gasteiger partial charge in [-0.3, -0.25) is 4.98 Å². The summed E-state index contributed by atoms with van der Waals surface area (Å²) >= 11 is 0. The fourth-order valence-corrected chi connectivity index (χ4v) is 7.10. The third-order valence-electron chi connectivity index (χ3n) is 6.72. The van der Waals surface area contributed by atoms with Crippen molar-refractivity contribution in [1.82, 2.24) is 4.98 Å². The molecule has 3 heterocycles. The number of benzene rings is 2. The fourth-order valence-electron chi connectivity index (χ4n) is 5.05. The molecule has 3 aromatic rings. The number of pyridine rings is 1. The number of ether oxygens (including phenoxy) is 1. The van der Waals surface area contributed by atoms with E-state index in [1.54, 1.807) is 12.3 Å². The topological polar surface area (TPSA) is 76.5 Å². The molecule has 5 rings (SSSR count). The molecule has 6 heteroatoms. The number of allylic oxidation sites excluding steroid dienone is 1. The Bertz CT molecular complexity index is 1360. The van der Waals surface area contributed by atoms with Crippen LogP contribution in [0.5, 0.6) is 5.75 Å². The molecule has 0 radical (unpaired) electrons. The molecule has 33 heavy (non-hydrogen) atoms. The maximum absolute atomic E-state index is 12.5. The molecular formula is C27H27NO4S. The van der Waals surface area contributed by atoms with Gasteiger partial charge in [0.2, 0.25) is 0 Å². The van der Waals surface area contributed by atoms with Crippen LogP contribution in [0.25, 0.3) is 22.4 Å². The Morgan fingerprint density at radius 1 is 1.12 bits per heavy atom. The molecule has 1 aromatic heterocycles. The van der Waals surface area contributed by atoms with Crippen LogP contribution in [0, 0.1) is 0 Å². The Kier molecular flexibility index (Phi) is 5.81. The van der Waals surface area contributed by atoms with Gasteiger partial charge in [-0.15, -0.1) is 0 Å². The van der Waals surface area contributed by atoms with E-state index in [1.165, 1.54) is 0 Å². The van der Waals surface area contributed by atoms with Gasteiger partial charge in [-0.1, -0.05) is 48.9 Å². The highest BCUT2D eigenvalue weighted by molar-refractivity contribution is 7.92. The molecule has 2 atom stereocenters. The van der Waals surface area contributed by atoms with E-state index in [1.807, 2.05) is 55.5 Å². The molecule has 2 aliphatic heterocycles. The molecule has 0 amide bonds. The third-order valence-corrected chi connectivity index (χ3v) is 8.73. The van der Waals surface area contributed by atoms with Gasteiger partial charge in [-0.2, -0.15) is 0 Å². The molecule has 170 valence electrons. The minimum absolute atomic E-state index is 0.172. The molecule has 0 spiro atoms. The van der Waals surface area contributed by atoms with Crippen LogP contribution < -0.4 is 0 Å². The Morgan fingerprint density at radius 2 is 1.91 bits per heavy atom. The smallest absolute Gasteiger partial charge is 0.163 e. The summed E-state index contributed by atoms with van der Waals surface area (Å²) < 4.78 is 31.1. The molecular weight excluding hydrogens is 434 g/mol. The van der Waals surface area contributed by atoms with Crippen molar-refractivity contribution in [3.63, 3.8) is 0 Å². The van der Waals surface area contributed by atoms with Gasteiger partial charge in [0, 0.05) is 11.6 Å². The van der Waals surface area contributed by atoms with E-state index in [2.05, 4.69) is 11.1 Å². The Balaban J connectivity index is 1.49. The molecule has 1 N–H and O–H groups in total. The molecule has 0 aliphatic carbocycles. The largest absolute Gasteiger partial charge is 0.507 e. The maximum Gasteiger partial charge on any atom is 0.163 e. The summed E-state index contributed by atoms with van der Waals surface area (Å²) in [4.78, 5) is 4.57. The first-order valence-corrected chi connectivity index (χ1v) is 13.1. The van der Waals surface area contributed by atoms with Gasteiger partial charge in [-0.25, -0.2) is 8.42 Å². The van der Waals surface area contributed by atoms with Gasteiger partial charge in [0.1, 0.15) is 11.0 Å². The zero-order valence-electron chi connectivity index (χ0n) is 18.6. The van der Waals surface area contributed by atoms with Crippen molar-refractivity contribution in [1.29, 1.82) is 0 Å². The van der Waals surface area contributed by atoms with Crippen molar-refractivity contribution in [2.45, 2.75) is 37.5 Å². The highest BCUT2D eigenvalue weighted by Crippen LogP contribution is 2.40. The zero-order valence-corrected chi connectivity index (χ0v) is 19.4. The zero-order chi connectivity index (χ0) is 23.0. The first kappa shape index (κ1) is 21.9. The second-order valence-corrected chi connectivity index (χ2v) is 10.9. The molecule has 0 bridgehead atoms. The number of nitrogens with zero attached hydrogens (tertiary/aromatic N) is 1. The van der Waals surface area contributed by atoms with E-state index in [-0.39, 0.29) is 24.2 Å². The summed E-state index contributed by atoms with van der Waals surface area (Å²) in [6, 6.07) is 17.3. The Hall–Kier alpha value is -2.96. The van der Waals surface area contributed by atoms with E-state index < -0.39 is 15.1 Å². The first-order valence-electron chi connectivity index (χ1n) is 11.4. The van der Waals surface area contributed by atoms with Crippen molar-refractivity contribution in [3.8, 4) is 5.75 Å². The second kappa shape index (κ2) is 8.76. The third kappa shape index (κ3) is 4.09. The molecule has 0 unspecified atom stereocenters. The quantitative estimate of drug-likeness (QED) is 0.513. The van der Waals surface area contributed by atoms with E-state index >= 15 is 0 Å². The number of aromatic nitrogens is 1. The van der Waals surface area contributed by atoms with Gasteiger partial charge in [0.05, 0.1) is 24.2 Å². The van der Waals surface area contributed by atoms with E-state index in [9.17, 15) is 13.5 Å². The van der Waals surface area contributed by atoms with E-state index in [4.69, 9.17) is 4.74 Å². The number of phenols is 1. The lowest BCUT2D eigenvalue weighted by Crippen LogP contribution is -2.19. The highest BCUT2D eigenvalue weighted by Gasteiger charge is 2.46. The van der Waals surface area contributed by atoms with Gasteiger partial charge in [0.15, 0.2) is 9.84 Å². The number of phenolic OH excluding ortho intramolecular Hbond substituents is 1. The van der Waals surface area contributed by atoms with Crippen LogP contribution in [0.1, 0.15) is 37.4 Å². The lowest BCUT2D eigenvalue weighted by Gasteiger charge is -2.15. The van der Waals surface area contributed by atoms with Crippen molar-refractivity contribution in [3.05, 3.63) is 83.2 Å². The fraction of sp³-hybridized carbons (Fsp3) is 0.296. The predicted molar refractivity (Wildman–Crippen MR) is 132 cm³/mol. The lowest BCUT2D eigenvalue weighted by atomic mass is 9.93. The van der Waals surface area contributed by atoms with Gasteiger partial charge < -0.3 is 9.84 Å². The summed E-state index contributed by atoms with van der Waals surface area (Å²) in [6.45, 7) is 2.28. The van der Waals surface area contributed by atoms with Crippen LogP contribution in [-0.2, 0) is 14.6 Å². The Labute approximate surface area is 194 Å². The van der Waals surface area contributed by atoms with Crippen LogP contribution in [0.4, 0.5) is 0 Å². The molecule has 0 saturated carbocycles. The Morgan fingerprint density at radius 3 is 2.67 bits per heavy atom. The van der Waals surface area contributed by atoms with Gasteiger partial charge in [0.25, 0.3) is 0 Å². The van der Waals surface area contributed by atoms with Crippen molar-refractivity contribution >= 4 is 32.3 Å². The highest BCUT2D eigenvalue weighted by atomic mass is 32.2. The SMILES string of the molecule is CCC1=C2[C@@H](CC/C(=C/c3ccc(O)c4ccccc34)c3ccccn3)OC[C@@H]2S(=O)(=O)C1. The molecule has 2 aromatic carbocycles. The van der Waals surface area contributed by atoms with Crippen molar-refractivity contribution in [2.24, 2.45) is 0 Å². The first-order chi connectivity index (χ1) is 16.0.